The maximum Gasteiger partial charge on any atom is 0.320 e. The summed E-state index contributed by atoms with van der Waals surface area (Å²) in [5.41, 5.74) is 1.21. The molecule has 5 heteroatoms. The van der Waals surface area contributed by atoms with Crippen LogP contribution in [0.5, 0.6) is 5.75 Å². The number of amides is 2. The number of carbonyl (C=O) groups excluding carboxylic acids is 1. The lowest BCUT2D eigenvalue weighted by Crippen LogP contribution is -2.28. The third-order valence-corrected chi connectivity index (χ3v) is 1.73. The molecule has 0 aliphatic carbocycles. The van der Waals surface area contributed by atoms with Gasteiger partial charge in [-0.05, 0) is 24.6 Å². The Balaban J connectivity index is 2.65. The minimum atomic E-state index is -0.518. The minimum absolute atomic E-state index is 0.00195. The molecule has 2 amide bonds. The van der Waals surface area contributed by atoms with Gasteiger partial charge in [-0.2, -0.15) is 5.26 Å². The smallest absolute Gasteiger partial charge is 0.320 e. The molecule has 15 heavy (non-hydrogen) atoms. The van der Waals surface area contributed by atoms with E-state index in [1.165, 1.54) is 0 Å². The number of benzene rings is 1. The summed E-state index contributed by atoms with van der Waals surface area (Å²) in [7, 11) is 0. The zero-order valence-corrected chi connectivity index (χ0v) is 8.24. The Morgan fingerprint density at radius 3 is 2.93 bits per heavy atom. The van der Waals surface area contributed by atoms with Gasteiger partial charge >= 0.3 is 6.03 Å². The molecule has 1 aromatic rings. The Morgan fingerprint density at radius 2 is 2.33 bits per heavy atom. The fourth-order valence-corrected chi connectivity index (χ4v) is 1.03. The van der Waals surface area contributed by atoms with Gasteiger partial charge in [0.1, 0.15) is 12.3 Å². The van der Waals surface area contributed by atoms with Gasteiger partial charge in [0, 0.05) is 0 Å². The Labute approximate surface area is 87.3 Å². The molecule has 0 saturated carbocycles. The van der Waals surface area contributed by atoms with Crippen LogP contribution >= 0.6 is 0 Å². The predicted molar refractivity (Wildman–Crippen MR) is 55.5 cm³/mol. The third kappa shape index (κ3) is 3.19. The standard InChI is InChI=1S/C10H11N3O2/c1-7-2-3-8(9(14)6-7)13-10(15)12-5-4-11/h2-3,6,14H,5H2,1H3,(H2,12,13,15). The normalized spacial score (nSPS) is 9.07. The number of nitrogens with zero attached hydrogens (tertiary/aromatic N) is 1. The quantitative estimate of drug-likeness (QED) is 0.503. The number of nitrogens with one attached hydrogen (secondary N) is 2. The average Bonchev–Trinajstić information content (AvgIpc) is 2.19. The van der Waals surface area contributed by atoms with Gasteiger partial charge in [0.05, 0.1) is 11.8 Å². The number of urea groups is 1. The van der Waals surface area contributed by atoms with E-state index in [0.717, 1.165) is 5.56 Å². The molecule has 0 aromatic heterocycles. The zero-order chi connectivity index (χ0) is 11.3. The molecule has 5 nitrogen and oxygen atoms in total. The molecule has 78 valence electrons. The highest BCUT2D eigenvalue weighted by molar-refractivity contribution is 5.90. The number of phenolic OH excluding ortho intramolecular Hbond substituents is 1. The van der Waals surface area contributed by atoms with Crippen LogP contribution in [0.1, 0.15) is 5.56 Å². The van der Waals surface area contributed by atoms with E-state index in [9.17, 15) is 9.90 Å². The van der Waals surface area contributed by atoms with Crippen LogP contribution in [0.2, 0.25) is 0 Å². The van der Waals surface area contributed by atoms with Gasteiger partial charge in [-0.1, -0.05) is 6.07 Å². The van der Waals surface area contributed by atoms with Gasteiger partial charge < -0.3 is 15.7 Å². The number of carbonyl (C=O) groups is 1. The van der Waals surface area contributed by atoms with E-state index in [0.29, 0.717) is 5.69 Å². The summed E-state index contributed by atoms with van der Waals surface area (Å²) in [6.07, 6.45) is 0. The van der Waals surface area contributed by atoms with Crippen LogP contribution in [0, 0.1) is 18.3 Å². The SMILES string of the molecule is Cc1ccc(NC(=O)NCC#N)c(O)c1. The maximum absolute atomic E-state index is 11.1. The summed E-state index contributed by atoms with van der Waals surface area (Å²) in [5.74, 6) is 0.00195. The van der Waals surface area contributed by atoms with Crippen molar-refractivity contribution >= 4 is 11.7 Å². The molecule has 0 radical (unpaired) electrons. The van der Waals surface area contributed by atoms with E-state index < -0.39 is 6.03 Å². The van der Waals surface area contributed by atoms with Crippen molar-refractivity contribution in [3.8, 4) is 11.8 Å². The molecule has 3 N–H and O–H groups in total. The first-order chi connectivity index (χ1) is 7.13. The summed E-state index contributed by atoms with van der Waals surface area (Å²) in [6.45, 7) is 1.76. The first-order valence-electron chi connectivity index (χ1n) is 4.35. The lowest BCUT2D eigenvalue weighted by Gasteiger charge is -2.07. The van der Waals surface area contributed by atoms with Crippen LogP contribution in [0.15, 0.2) is 18.2 Å². The predicted octanol–water partition coefficient (Wildman–Crippen LogP) is 1.35. The van der Waals surface area contributed by atoms with Gasteiger partial charge in [0.15, 0.2) is 0 Å². The van der Waals surface area contributed by atoms with Crippen LogP contribution in [-0.2, 0) is 0 Å². The van der Waals surface area contributed by atoms with Crippen molar-refractivity contribution in [3.05, 3.63) is 23.8 Å². The molecule has 0 aliphatic rings. The number of hydrogen-bond acceptors (Lipinski definition) is 3. The van der Waals surface area contributed by atoms with Gasteiger partial charge in [-0.3, -0.25) is 0 Å². The molecular weight excluding hydrogens is 194 g/mol. The molecule has 0 saturated heterocycles. The van der Waals surface area contributed by atoms with E-state index in [1.807, 2.05) is 6.92 Å². The molecule has 0 bridgehead atoms. The Bertz CT molecular complexity index is 410. The molecule has 0 atom stereocenters. The fourth-order valence-electron chi connectivity index (χ4n) is 1.03. The second-order valence-electron chi connectivity index (χ2n) is 2.99. The molecule has 1 rings (SSSR count). The van der Waals surface area contributed by atoms with Gasteiger partial charge in [0.2, 0.25) is 0 Å². The topological polar surface area (TPSA) is 85.2 Å². The summed E-state index contributed by atoms with van der Waals surface area (Å²) < 4.78 is 0. The minimum Gasteiger partial charge on any atom is -0.506 e. The molecule has 1 aromatic carbocycles. The fraction of sp³-hybridized carbons (Fsp3) is 0.200. The van der Waals surface area contributed by atoms with Crippen molar-refractivity contribution in [1.82, 2.24) is 5.32 Å². The highest BCUT2D eigenvalue weighted by atomic mass is 16.3. The Kier molecular flexibility index (Phi) is 3.52. The van der Waals surface area contributed by atoms with Gasteiger partial charge in [0.25, 0.3) is 0 Å². The lowest BCUT2D eigenvalue weighted by molar-refractivity contribution is 0.253. The number of phenols is 1. The van der Waals surface area contributed by atoms with Gasteiger partial charge in [-0.15, -0.1) is 0 Å². The average molecular weight is 205 g/mol. The number of rotatable bonds is 2. The summed E-state index contributed by atoms with van der Waals surface area (Å²) in [4.78, 5) is 11.1. The highest BCUT2D eigenvalue weighted by Gasteiger charge is 2.04. The van der Waals surface area contributed by atoms with Crippen LogP contribution in [-0.4, -0.2) is 17.7 Å². The molecule has 0 fully saturated rings. The lowest BCUT2D eigenvalue weighted by atomic mass is 10.2. The van der Waals surface area contributed by atoms with Crippen molar-refractivity contribution in [1.29, 1.82) is 5.26 Å². The number of hydrogen-bond donors (Lipinski definition) is 3. The molecule has 0 heterocycles. The van der Waals surface area contributed by atoms with E-state index in [-0.39, 0.29) is 12.3 Å². The summed E-state index contributed by atoms with van der Waals surface area (Å²) >= 11 is 0. The molecule has 0 unspecified atom stereocenters. The number of anilines is 1. The second kappa shape index (κ2) is 4.86. The largest absolute Gasteiger partial charge is 0.506 e. The Morgan fingerprint density at radius 1 is 1.60 bits per heavy atom. The van der Waals surface area contributed by atoms with E-state index in [2.05, 4.69) is 10.6 Å². The summed E-state index contributed by atoms with van der Waals surface area (Å²) in [5, 5.41) is 22.4. The van der Waals surface area contributed by atoms with E-state index in [1.54, 1.807) is 24.3 Å². The van der Waals surface area contributed by atoms with Crippen molar-refractivity contribution in [2.24, 2.45) is 0 Å². The van der Waals surface area contributed by atoms with Crippen LogP contribution in [0.4, 0.5) is 10.5 Å². The van der Waals surface area contributed by atoms with Crippen LogP contribution in [0.3, 0.4) is 0 Å². The molecule has 0 spiro atoms. The molecular formula is C10H11N3O2. The van der Waals surface area contributed by atoms with E-state index in [4.69, 9.17) is 5.26 Å². The third-order valence-electron chi connectivity index (χ3n) is 1.73. The monoisotopic (exact) mass is 205 g/mol. The highest BCUT2D eigenvalue weighted by Crippen LogP contribution is 2.23. The van der Waals surface area contributed by atoms with Crippen LogP contribution < -0.4 is 10.6 Å². The van der Waals surface area contributed by atoms with E-state index >= 15 is 0 Å². The van der Waals surface area contributed by atoms with Crippen molar-refractivity contribution < 1.29 is 9.90 Å². The zero-order valence-electron chi connectivity index (χ0n) is 8.24. The second-order valence-corrected chi connectivity index (χ2v) is 2.99. The maximum atomic E-state index is 11.1. The first kappa shape index (κ1) is 10.9. The Hall–Kier alpha value is -2.22. The van der Waals surface area contributed by atoms with Crippen LogP contribution in [0.25, 0.3) is 0 Å². The number of aromatic hydroxyl groups is 1. The van der Waals surface area contributed by atoms with Crippen molar-refractivity contribution in [2.45, 2.75) is 6.92 Å². The first-order valence-corrected chi connectivity index (χ1v) is 4.35. The number of nitriles is 1. The van der Waals surface area contributed by atoms with Gasteiger partial charge in [-0.25, -0.2) is 4.79 Å². The summed E-state index contributed by atoms with van der Waals surface area (Å²) in [6, 6.07) is 6.15. The molecule has 0 aliphatic heterocycles. The number of aryl methyl sites for hydroxylation is 1. The van der Waals surface area contributed by atoms with Crippen molar-refractivity contribution in [2.75, 3.05) is 11.9 Å². The van der Waals surface area contributed by atoms with Crippen molar-refractivity contribution in [3.63, 3.8) is 0 Å².